The molecule has 0 heterocycles. The third kappa shape index (κ3) is 4.40. The van der Waals surface area contributed by atoms with Gasteiger partial charge in [-0.1, -0.05) is 0 Å². The number of ether oxygens (including phenoxy) is 1. The van der Waals surface area contributed by atoms with Crippen LogP contribution in [0.5, 0.6) is 0 Å². The molecule has 0 aromatic heterocycles. The third-order valence-corrected chi connectivity index (χ3v) is 0.946. The summed E-state index contributed by atoms with van der Waals surface area (Å²) in [5.74, 6) is -5.59. The maximum atomic E-state index is 12.4. The Morgan fingerprint density at radius 1 is 0.867 bits per heavy atom. The van der Waals surface area contributed by atoms with E-state index in [1.165, 1.54) is 0 Å². The van der Waals surface area contributed by atoms with Crippen LogP contribution in [0.15, 0.2) is 12.2 Å². The van der Waals surface area contributed by atoms with Gasteiger partial charge in [-0.3, -0.25) is 0 Å². The molecule has 90 valence electrons. The Kier molecular flexibility index (Phi) is 3.67. The van der Waals surface area contributed by atoms with Gasteiger partial charge in [0, 0.05) is 0 Å². The van der Waals surface area contributed by atoms with Crippen molar-refractivity contribution < 1.29 is 44.3 Å². The zero-order valence-corrected chi connectivity index (χ0v) is 6.39. The van der Waals surface area contributed by atoms with Gasteiger partial charge in [-0.25, -0.2) is 4.74 Å². The van der Waals surface area contributed by atoms with Crippen molar-refractivity contribution >= 4 is 0 Å². The zero-order chi connectivity index (χ0) is 12.5. The minimum Gasteiger partial charge on any atom is -0.241 e. The lowest BCUT2D eigenvalue weighted by molar-refractivity contribution is -0.433. The van der Waals surface area contributed by atoms with Crippen LogP contribution >= 0.6 is 0 Å². The minimum absolute atomic E-state index is 1.61. The molecule has 15 heavy (non-hydrogen) atoms. The predicted octanol–water partition coefficient (Wildman–Crippen LogP) is 3.53. The van der Waals surface area contributed by atoms with Crippen LogP contribution in [0.3, 0.4) is 0 Å². The number of rotatable bonds is 2. The van der Waals surface area contributed by atoms with Crippen molar-refractivity contribution in [1.82, 2.24) is 0 Å². The van der Waals surface area contributed by atoms with Crippen LogP contribution in [-0.4, -0.2) is 18.4 Å². The molecule has 0 spiro atoms. The highest BCUT2D eigenvalue weighted by molar-refractivity contribution is 5.00. The first kappa shape index (κ1) is 14.1. The molecule has 0 saturated heterocycles. The van der Waals surface area contributed by atoms with Gasteiger partial charge in [0.05, 0.1) is 6.08 Å². The van der Waals surface area contributed by atoms with E-state index in [2.05, 4.69) is 0 Å². The molecule has 0 radical (unpaired) electrons. The molecule has 1 nitrogen and oxygen atoms in total. The van der Waals surface area contributed by atoms with Gasteiger partial charge in [0.2, 0.25) is 0 Å². The Morgan fingerprint density at radius 3 is 1.47 bits per heavy atom. The topological polar surface area (TPSA) is 9.23 Å². The molecule has 0 bridgehead atoms. The van der Waals surface area contributed by atoms with E-state index in [0.29, 0.717) is 0 Å². The van der Waals surface area contributed by atoms with Crippen LogP contribution in [0, 0.1) is 0 Å². The molecular formula is C5HF9O. The summed E-state index contributed by atoms with van der Waals surface area (Å²) in [5, 5.41) is 0. The maximum absolute atomic E-state index is 12.4. The monoisotopic (exact) mass is 248 g/mol. The smallest absolute Gasteiger partial charge is 0.241 e. The van der Waals surface area contributed by atoms with Crippen molar-refractivity contribution in [2.45, 2.75) is 18.4 Å². The summed E-state index contributed by atoms with van der Waals surface area (Å²) < 4.78 is 106. The lowest BCUT2D eigenvalue weighted by Crippen LogP contribution is -2.45. The number of hydrogen-bond acceptors (Lipinski definition) is 1. The van der Waals surface area contributed by atoms with Gasteiger partial charge in [0.25, 0.3) is 6.08 Å². The fourth-order valence-electron chi connectivity index (χ4n) is 0.478. The lowest BCUT2D eigenvalue weighted by Gasteiger charge is -2.24. The van der Waals surface area contributed by atoms with Gasteiger partial charge in [-0.15, -0.1) is 13.2 Å². The van der Waals surface area contributed by atoms with Crippen LogP contribution in [-0.2, 0) is 4.74 Å². The Bertz CT molecular complexity index is 246. The summed E-state index contributed by atoms with van der Waals surface area (Å²) in [7, 11) is 0. The highest BCUT2D eigenvalue weighted by Crippen LogP contribution is 2.41. The molecule has 0 aliphatic carbocycles. The second-order valence-corrected chi connectivity index (χ2v) is 2.12. The summed E-state index contributed by atoms with van der Waals surface area (Å²) in [6.45, 7) is 0. The Morgan fingerprint density at radius 2 is 1.27 bits per heavy atom. The first-order valence-electron chi connectivity index (χ1n) is 2.94. The summed E-state index contributed by atoms with van der Waals surface area (Å²) in [4.78, 5) is 0. The molecule has 0 aromatic carbocycles. The molecule has 0 aromatic rings. The first-order chi connectivity index (χ1) is 6.37. The summed E-state index contributed by atoms with van der Waals surface area (Å²) in [5.41, 5.74) is 0. The predicted molar refractivity (Wildman–Crippen MR) is 27.3 cm³/mol. The Balaban J connectivity index is 5.15. The van der Waals surface area contributed by atoms with Gasteiger partial charge < -0.3 is 0 Å². The standard InChI is InChI=1S/C5HF9O/c6-2(7)1-3(8,4(9,10)11)15-5(12,13)14/h1H. The number of alkyl halides is 7. The second kappa shape index (κ2) is 3.91. The van der Waals surface area contributed by atoms with Crippen LogP contribution in [0.25, 0.3) is 0 Å². The molecule has 1 unspecified atom stereocenters. The van der Waals surface area contributed by atoms with Crippen LogP contribution < -0.4 is 0 Å². The van der Waals surface area contributed by atoms with Crippen LogP contribution in [0.1, 0.15) is 0 Å². The summed E-state index contributed by atoms with van der Waals surface area (Å²) in [6.07, 6.45) is -17.2. The second-order valence-electron chi connectivity index (χ2n) is 2.12. The Hall–Kier alpha value is -0.930. The van der Waals surface area contributed by atoms with Crippen molar-refractivity contribution in [2.75, 3.05) is 0 Å². The van der Waals surface area contributed by atoms with Crippen molar-refractivity contribution in [3.8, 4) is 0 Å². The molecule has 0 N–H and O–H groups in total. The average Bonchev–Trinajstić information content (AvgIpc) is 1.75. The quantitative estimate of drug-likeness (QED) is 0.679. The van der Waals surface area contributed by atoms with Gasteiger partial charge in [0.15, 0.2) is 0 Å². The maximum Gasteiger partial charge on any atom is 0.525 e. The van der Waals surface area contributed by atoms with E-state index in [-0.39, 0.29) is 0 Å². The van der Waals surface area contributed by atoms with Crippen LogP contribution in [0.2, 0.25) is 0 Å². The fourth-order valence-corrected chi connectivity index (χ4v) is 0.478. The lowest BCUT2D eigenvalue weighted by atomic mass is 10.3. The van der Waals surface area contributed by atoms with E-state index in [1.807, 2.05) is 4.74 Å². The molecule has 0 aliphatic heterocycles. The van der Waals surface area contributed by atoms with Gasteiger partial charge in [0.1, 0.15) is 0 Å². The van der Waals surface area contributed by atoms with E-state index in [4.69, 9.17) is 0 Å². The highest BCUT2D eigenvalue weighted by Gasteiger charge is 2.62. The number of halogens is 9. The average molecular weight is 248 g/mol. The van der Waals surface area contributed by atoms with E-state index >= 15 is 0 Å². The molecule has 0 amide bonds. The number of hydrogen-bond donors (Lipinski definition) is 0. The molecule has 0 fully saturated rings. The molecule has 0 rings (SSSR count). The normalized spacial score (nSPS) is 17.1. The molecular weight excluding hydrogens is 247 g/mol. The van der Waals surface area contributed by atoms with Crippen molar-refractivity contribution in [2.24, 2.45) is 0 Å². The SMILES string of the molecule is FC(F)=CC(F)(OC(F)(F)F)C(F)(F)F. The zero-order valence-electron chi connectivity index (χ0n) is 6.39. The van der Waals surface area contributed by atoms with Crippen molar-refractivity contribution in [1.29, 1.82) is 0 Å². The largest absolute Gasteiger partial charge is 0.525 e. The molecule has 1 atom stereocenters. The minimum atomic E-state index is -6.27. The van der Waals surface area contributed by atoms with E-state index in [0.717, 1.165) is 0 Å². The van der Waals surface area contributed by atoms with Crippen molar-refractivity contribution in [3.05, 3.63) is 12.2 Å². The first-order valence-corrected chi connectivity index (χ1v) is 2.94. The van der Waals surface area contributed by atoms with Crippen molar-refractivity contribution in [3.63, 3.8) is 0 Å². The molecule has 10 heteroatoms. The Labute approximate surface area is 76.1 Å². The van der Waals surface area contributed by atoms with E-state index < -0.39 is 30.6 Å². The van der Waals surface area contributed by atoms with Gasteiger partial charge in [-0.2, -0.15) is 26.3 Å². The molecule has 0 aliphatic rings. The van der Waals surface area contributed by atoms with Gasteiger partial charge >= 0.3 is 18.4 Å². The fraction of sp³-hybridized carbons (Fsp3) is 0.600. The highest BCUT2D eigenvalue weighted by atomic mass is 19.4. The van der Waals surface area contributed by atoms with E-state index in [9.17, 15) is 39.5 Å². The molecule has 0 saturated carbocycles. The van der Waals surface area contributed by atoms with Gasteiger partial charge in [-0.05, 0) is 0 Å². The summed E-state index contributed by atoms with van der Waals surface area (Å²) >= 11 is 0. The van der Waals surface area contributed by atoms with E-state index in [1.54, 1.807) is 0 Å². The summed E-state index contributed by atoms with van der Waals surface area (Å²) in [6, 6.07) is 0. The third-order valence-electron chi connectivity index (χ3n) is 0.946. The van der Waals surface area contributed by atoms with Crippen LogP contribution in [0.4, 0.5) is 39.5 Å².